The number of hydrogen-bond donors (Lipinski definition) is 1. The van der Waals surface area contributed by atoms with E-state index in [0.29, 0.717) is 14.8 Å². The summed E-state index contributed by atoms with van der Waals surface area (Å²) in [5.74, 6) is -0.705. The van der Waals surface area contributed by atoms with E-state index in [9.17, 15) is 14.4 Å². The molecule has 2 aromatic rings. The van der Waals surface area contributed by atoms with E-state index in [-0.39, 0.29) is 67.6 Å². The van der Waals surface area contributed by atoms with Crippen LogP contribution in [0.3, 0.4) is 0 Å². The average molecular weight is 495 g/mol. The van der Waals surface area contributed by atoms with Crippen LogP contribution in [0.2, 0.25) is 4.34 Å². The molecule has 2 fully saturated rings. The third kappa shape index (κ3) is 4.71. The molecule has 176 valence electrons. The number of nitrogens with one attached hydrogen (secondary N) is 1. The van der Waals surface area contributed by atoms with E-state index in [1.807, 2.05) is 0 Å². The van der Waals surface area contributed by atoms with E-state index in [0.717, 1.165) is 21.8 Å². The van der Waals surface area contributed by atoms with Crippen LogP contribution in [0.4, 0.5) is 16.2 Å². The van der Waals surface area contributed by atoms with Crippen LogP contribution in [-0.2, 0) is 14.3 Å². The van der Waals surface area contributed by atoms with E-state index in [4.69, 9.17) is 25.2 Å². The van der Waals surface area contributed by atoms with Gasteiger partial charge >= 0.3 is 6.09 Å². The number of ether oxygens (including phenoxy) is 2. The molecular formula is C23H26ClN3O5S. The van der Waals surface area contributed by atoms with Gasteiger partial charge in [-0.25, -0.2) is 4.79 Å². The molecule has 2 aliphatic heterocycles. The minimum atomic E-state index is -1.09. The summed E-state index contributed by atoms with van der Waals surface area (Å²) in [6, 6.07) is 0.927. The van der Waals surface area contributed by atoms with Gasteiger partial charge in [-0.2, -0.15) is 0 Å². The van der Waals surface area contributed by atoms with Crippen molar-refractivity contribution in [1.29, 1.82) is 0 Å². The number of halogens is 1. The molecule has 0 bridgehead atoms. The molecule has 1 N–H and O–H groups in total. The molecule has 0 spiro atoms. The van der Waals surface area contributed by atoms with Crippen molar-refractivity contribution in [3.8, 4) is 0 Å². The van der Waals surface area contributed by atoms with Gasteiger partial charge in [0.25, 0.3) is 11.8 Å². The molecule has 33 heavy (non-hydrogen) atoms. The Hall–Kier alpha value is -2.62. The number of thiophene rings is 1. The highest BCUT2D eigenvalue weighted by molar-refractivity contribution is 7.18. The third-order valence-corrected chi connectivity index (χ3v) is 6.86. The Morgan fingerprint density at radius 3 is 2.76 bits per heavy atom. The van der Waals surface area contributed by atoms with E-state index in [1.54, 1.807) is 33.8 Å². The summed E-state index contributed by atoms with van der Waals surface area (Å²) in [6.45, 7) is 7.08. The number of anilines is 2. The van der Waals surface area contributed by atoms with Gasteiger partial charge in [0.1, 0.15) is 11.7 Å². The number of carbonyl (C=O) groups is 3. The first-order valence-corrected chi connectivity index (χ1v) is 11.6. The smallest absolute Gasteiger partial charge is 0.414 e. The number of amides is 3. The Balaban J connectivity index is 1.56. The number of cyclic esters (lactones) is 1. The lowest BCUT2D eigenvalue weighted by atomic mass is 10.0. The summed E-state index contributed by atoms with van der Waals surface area (Å²) in [5, 5.41) is 2.73. The van der Waals surface area contributed by atoms with Crippen molar-refractivity contribution < 1.29 is 28.0 Å². The van der Waals surface area contributed by atoms with Crippen molar-refractivity contribution in [3.05, 3.63) is 44.5 Å². The first-order chi connectivity index (χ1) is 16.8. The molecular weight excluding hydrogens is 466 g/mol. The van der Waals surface area contributed by atoms with Crippen molar-refractivity contribution in [2.24, 2.45) is 0 Å². The fourth-order valence-electron chi connectivity index (χ4n) is 3.74. The molecule has 2 aliphatic rings. The minimum absolute atomic E-state index is 0.0111. The molecule has 3 heterocycles. The SMILES string of the molecule is [2H]c1c([2H])c(N2CCOC(C)(C)C2=O)c(C)c([2H])c1N1C[C@H](CNC(=O)c2sc(Cl)cc2C)OC1=O. The maximum atomic E-state index is 12.9. The summed E-state index contributed by atoms with van der Waals surface area (Å²) in [5.41, 5.74) is 0.0406. The number of rotatable bonds is 5. The summed E-state index contributed by atoms with van der Waals surface area (Å²) >= 11 is 7.12. The Kier molecular flexibility index (Phi) is 5.38. The van der Waals surface area contributed by atoms with Gasteiger partial charge in [0.05, 0.1) is 33.0 Å². The van der Waals surface area contributed by atoms with Crippen molar-refractivity contribution in [2.75, 3.05) is 36.0 Å². The normalized spacial score (nSPS) is 21.5. The molecule has 1 aromatic carbocycles. The second kappa shape index (κ2) is 8.96. The van der Waals surface area contributed by atoms with Crippen molar-refractivity contribution in [2.45, 2.75) is 39.4 Å². The van der Waals surface area contributed by atoms with Crippen LogP contribution < -0.4 is 15.1 Å². The largest absolute Gasteiger partial charge is 0.442 e. The number of aryl methyl sites for hydroxylation is 1. The summed E-state index contributed by atoms with van der Waals surface area (Å²) in [7, 11) is 0. The summed E-state index contributed by atoms with van der Waals surface area (Å²) in [4.78, 5) is 41.1. The predicted octanol–water partition coefficient (Wildman–Crippen LogP) is 3.92. The molecule has 0 saturated carbocycles. The second-order valence-electron chi connectivity index (χ2n) is 8.40. The van der Waals surface area contributed by atoms with Gasteiger partial charge in [0.2, 0.25) is 0 Å². The maximum absolute atomic E-state index is 12.9. The Labute approximate surface area is 205 Å². The molecule has 4 rings (SSSR count). The highest BCUT2D eigenvalue weighted by atomic mass is 35.5. The fourth-order valence-corrected chi connectivity index (χ4v) is 4.96. The number of benzene rings is 1. The van der Waals surface area contributed by atoms with Crippen LogP contribution in [0.1, 0.15) is 38.8 Å². The number of carbonyl (C=O) groups excluding carboxylic acids is 3. The molecule has 0 aliphatic carbocycles. The van der Waals surface area contributed by atoms with Gasteiger partial charge in [0, 0.05) is 17.9 Å². The van der Waals surface area contributed by atoms with Crippen LogP contribution in [0.15, 0.2) is 24.2 Å². The van der Waals surface area contributed by atoms with Gasteiger partial charge in [-0.3, -0.25) is 14.5 Å². The zero-order valence-corrected chi connectivity index (χ0v) is 20.3. The molecule has 8 nitrogen and oxygen atoms in total. The maximum Gasteiger partial charge on any atom is 0.414 e. The van der Waals surface area contributed by atoms with Crippen LogP contribution in [0.25, 0.3) is 0 Å². The standard InChI is InChI=1S/C23H26ClN3O5S/c1-13-9-15(5-6-17(13)26-7-8-31-23(3,4)21(26)29)27-12-16(32-22(27)30)11-25-20(28)19-14(2)10-18(24)33-19/h5-6,9-10,16H,7-8,11-12H2,1-4H3,(H,25,28)/t16-/m0/s1/i5D,6D,9D. The van der Waals surface area contributed by atoms with Crippen molar-refractivity contribution >= 4 is 52.2 Å². The lowest BCUT2D eigenvalue weighted by molar-refractivity contribution is -0.144. The summed E-state index contributed by atoms with van der Waals surface area (Å²) < 4.78 is 37.3. The molecule has 1 aromatic heterocycles. The van der Waals surface area contributed by atoms with Gasteiger partial charge in [-0.05, 0) is 63.0 Å². The molecule has 0 unspecified atom stereocenters. The monoisotopic (exact) mass is 494 g/mol. The van der Waals surface area contributed by atoms with Crippen molar-refractivity contribution in [3.63, 3.8) is 0 Å². The third-order valence-electron chi connectivity index (χ3n) is 5.50. The molecule has 10 heteroatoms. The predicted molar refractivity (Wildman–Crippen MR) is 128 cm³/mol. The van der Waals surface area contributed by atoms with Crippen LogP contribution >= 0.6 is 22.9 Å². The lowest BCUT2D eigenvalue weighted by Crippen LogP contribution is -2.53. The zero-order valence-electron chi connectivity index (χ0n) is 21.7. The van der Waals surface area contributed by atoms with Gasteiger partial charge < -0.3 is 19.7 Å². The topological polar surface area (TPSA) is 88.2 Å². The Morgan fingerprint density at radius 2 is 2.06 bits per heavy atom. The average Bonchev–Trinajstić information content (AvgIpc) is 3.34. The minimum Gasteiger partial charge on any atom is -0.442 e. The first-order valence-electron chi connectivity index (χ1n) is 11.9. The van der Waals surface area contributed by atoms with Crippen molar-refractivity contribution in [1.82, 2.24) is 5.32 Å². The lowest BCUT2D eigenvalue weighted by Gasteiger charge is -2.38. The van der Waals surface area contributed by atoms with Gasteiger partial charge in [0.15, 0.2) is 0 Å². The second-order valence-corrected chi connectivity index (χ2v) is 10.1. The quantitative estimate of drug-likeness (QED) is 0.680. The summed E-state index contributed by atoms with van der Waals surface area (Å²) in [6.07, 6.45) is -1.49. The number of nitrogens with zero attached hydrogens (tertiary/aromatic N) is 2. The van der Waals surface area contributed by atoms with Crippen LogP contribution in [-0.4, -0.2) is 55.9 Å². The fraction of sp³-hybridized carbons (Fsp3) is 0.435. The van der Waals surface area contributed by atoms with Crippen LogP contribution in [0, 0.1) is 13.8 Å². The van der Waals surface area contributed by atoms with Gasteiger partial charge in [-0.1, -0.05) is 11.6 Å². The van der Waals surface area contributed by atoms with Crippen LogP contribution in [0.5, 0.6) is 0 Å². The van der Waals surface area contributed by atoms with Gasteiger partial charge in [-0.15, -0.1) is 11.3 Å². The molecule has 3 amide bonds. The molecule has 2 saturated heterocycles. The number of hydrogen-bond acceptors (Lipinski definition) is 6. The Morgan fingerprint density at radius 1 is 1.30 bits per heavy atom. The molecule has 1 atom stereocenters. The van der Waals surface area contributed by atoms with E-state index in [2.05, 4.69) is 5.32 Å². The highest BCUT2D eigenvalue weighted by Gasteiger charge is 2.38. The Bertz CT molecular complexity index is 1240. The zero-order chi connectivity index (χ0) is 26.5. The highest BCUT2D eigenvalue weighted by Crippen LogP contribution is 2.31. The first kappa shape index (κ1) is 19.8. The van der Waals surface area contributed by atoms with E-state index in [1.165, 1.54) is 4.90 Å². The van der Waals surface area contributed by atoms with E-state index >= 15 is 0 Å². The number of morpholine rings is 1. The molecule has 0 radical (unpaired) electrons. The van der Waals surface area contributed by atoms with E-state index < -0.39 is 17.8 Å².